The Morgan fingerprint density at radius 3 is 2.64 bits per heavy atom. The van der Waals surface area contributed by atoms with Crippen molar-refractivity contribution >= 4 is 46.5 Å². The van der Waals surface area contributed by atoms with Crippen molar-refractivity contribution in [2.24, 2.45) is 22.1 Å². The highest BCUT2D eigenvalue weighted by molar-refractivity contribution is 7.14. The fraction of sp³-hybridized carbons (Fsp3) is 0.486. The van der Waals surface area contributed by atoms with Gasteiger partial charge in [-0.05, 0) is 67.2 Å². The Hall–Kier alpha value is -4.17. The van der Waals surface area contributed by atoms with E-state index in [-0.39, 0.29) is 29.9 Å². The first-order valence-corrected chi connectivity index (χ1v) is 18.0. The number of alkyl carbamates (subject to hydrolysis) is 1. The molecule has 2 amide bonds. The number of allylic oxidation sites excluding steroid dienone is 3. The molecule has 0 bridgehead atoms. The fourth-order valence-electron chi connectivity index (χ4n) is 6.66. The summed E-state index contributed by atoms with van der Waals surface area (Å²) in [5, 5.41) is 17.5. The van der Waals surface area contributed by atoms with Crippen LogP contribution in [0.4, 0.5) is 13.6 Å². The fourth-order valence-corrected chi connectivity index (χ4v) is 7.97. The zero-order valence-corrected chi connectivity index (χ0v) is 29.6. The first kappa shape index (κ1) is 34.3. The molecule has 1 aromatic carbocycles. The second kappa shape index (κ2) is 13.2. The van der Waals surface area contributed by atoms with Gasteiger partial charge in [0.2, 0.25) is 0 Å². The summed E-state index contributed by atoms with van der Waals surface area (Å²) < 4.78 is 32.7. The number of amides is 2. The standard InChI is InChI=1S/C35H39ClF2N8O3S/c1-34(2,3)18-35(23-9-6-19(7-10-23)22-15-40-45(16-22)31(37)38)30(47)46(32(39)42-35)27(17-49-33(48)41-24-11-12-24)21-8-13-26(36)25(14-21)29-44-43-28(50-29)20-4-5-20/h6-9,13-16,20,23-24,27,31H,4-5,10-12,17-18H2,1-3H3,(H2,39,42)(H,41,48)/t23?,27-,35-/m1/s1. The van der Waals surface area contributed by atoms with Crippen LogP contribution in [0.2, 0.25) is 5.02 Å². The smallest absolute Gasteiger partial charge is 0.407 e. The molecule has 3 N–H and O–H groups in total. The zero-order chi connectivity index (χ0) is 35.4. The Labute approximate surface area is 297 Å². The van der Waals surface area contributed by atoms with Crippen LogP contribution in [-0.2, 0) is 9.53 Å². The molecule has 0 radical (unpaired) electrons. The minimum Gasteiger partial charge on any atom is -0.447 e. The molecule has 2 aromatic heterocycles. The van der Waals surface area contributed by atoms with Gasteiger partial charge in [0.05, 0.1) is 17.3 Å². The predicted octanol–water partition coefficient (Wildman–Crippen LogP) is 7.25. The highest BCUT2D eigenvalue weighted by atomic mass is 35.5. The maximum Gasteiger partial charge on any atom is 0.407 e. The van der Waals surface area contributed by atoms with Crippen molar-refractivity contribution in [1.29, 1.82) is 0 Å². The largest absolute Gasteiger partial charge is 0.447 e. The van der Waals surface area contributed by atoms with Gasteiger partial charge in [0.1, 0.15) is 16.6 Å². The molecular formula is C35H39ClF2N8O3S. The number of carbonyl (C=O) groups excluding carboxylic acids is 2. The van der Waals surface area contributed by atoms with E-state index in [9.17, 15) is 18.4 Å². The second-order valence-corrected chi connectivity index (χ2v) is 16.1. The molecule has 1 aliphatic heterocycles. The van der Waals surface area contributed by atoms with Crippen LogP contribution in [0.15, 0.2) is 53.8 Å². The first-order chi connectivity index (χ1) is 23.8. The van der Waals surface area contributed by atoms with Crippen molar-refractivity contribution in [3.63, 3.8) is 0 Å². The van der Waals surface area contributed by atoms with Gasteiger partial charge in [0, 0.05) is 35.2 Å². The van der Waals surface area contributed by atoms with Crippen LogP contribution in [0.5, 0.6) is 0 Å². The van der Waals surface area contributed by atoms with Crippen LogP contribution < -0.4 is 11.1 Å². The maximum atomic E-state index is 15.0. The number of nitrogens with zero attached hydrogens (tertiary/aromatic N) is 6. The molecule has 3 aliphatic carbocycles. The molecule has 0 spiro atoms. The van der Waals surface area contributed by atoms with Crippen molar-refractivity contribution in [2.75, 3.05) is 6.61 Å². The van der Waals surface area contributed by atoms with E-state index < -0.39 is 30.1 Å². The lowest BCUT2D eigenvalue weighted by Gasteiger charge is -2.38. The summed E-state index contributed by atoms with van der Waals surface area (Å²) >= 11 is 8.20. The van der Waals surface area contributed by atoms with Gasteiger partial charge in [-0.15, -0.1) is 10.2 Å². The van der Waals surface area contributed by atoms with E-state index >= 15 is 0 Å². The Balaban J connectivity index is 1.22. The average Bonchev–Trinajstić information content (AvgIpc) is 3.96. The van der Waals surface area contributed by atoms with E-state index in [2.05, 4.69) is 20.6 Å². The van der Waals surface area contributed by atoms with Gasteiger partial charge in [-0.3, -0.25) is 9.69 Å². The molecule has 3 aromatic rings. The van der Waals surface area contributed by atoms with Gasteiger partial charge >= 0.3 is 12.6 Å². The molecule has 2 fully saturated rings. The number of nitrogens with one attached hydrogen (secondary N) is 1. The molecular weight excluding hydrogens is 686 g/mol. The van der Waals surface area contributed by atoms with Gasteiger partial charge in [-0.25, -0.2) is 14.5 Å². The lowest BCUT2D eigenvalue weighted by atomic mass is 9.70. The highest BCUT2D eigenvalue weighted by Gasteiger charge is 2.55. The monoisotopic (exact) mass is 724 g/mol. The van der Waals surface area contributed by atoms with E-state index in [0.717, 1.165) is 36.3 Å². The Morgan fingerprint density at radius 2 is 2.00 bits per heavy atom. The number of carbonyl (C=O) groups is 2. The third-order valence-electron chi connectivity index (χ3n) is 9.35. The zero-order valence-electron chi connectivity index (χ0n) is 28.0. The van der Waals surface area contributed by atoms with E-state index in [1.54, 1.807) is 12.1 Å². The number of benzene rings is 1. The molecule has 2 saturated carbocycles. The van der Waals surface area contributed by atoms with Gasteiger partial charge in [0.15, 0.2) is 11.5 Å². The molecule has 1 unspecified atom stereocenters. The molecule has 0 saturated heterocycles. The van der Waals surface area contributed by atoms with Gasteiger partial charge in [0.25, 0.3) is 5.91 Å². The van der Waals surface area contributed by atoms with Crippen LogP contribution >= 0.6 is 22.9 Å². The first-order valence-electron chi connectivity index (χ1n) is 16.8. The molecule has 264 valence electrons. The van der Waals surface area contributed by atoms with Crippen LogP contribution in [-0.4, -0.2) is 61.0 Å². The normalized spacial score (nSPS) is 22.9. The van der Waals surface area contributed by atoms with Crippen molar-refractivity contribution in [3.8, 4) is 10.6 Å². The number of nitrogens with two attached hydrogens (primary N) is 1. The molecule has 11 nitrogen and oxygen atoms in total. The number of hydrogen-bond donors (Lipinski definition) is 2. The van der Waals surface area contributed by atoms with Gasteiger partial charge in [-0.2, -0.15) is 13.9 Å². The van der Waals surface area contributed by atoms with E-state index in [1.165, 1.54) is 28.6 Å². The third-order valence-corrected chi connectivity index (χ3v) is 10.8. The summed E-state index contributed by atoms with van der Waals surface area (Å²) in [5.41, 5.74) is 7.66. The lowest BCUT2D eigenvalue weighted by Crippen LogP contribution is -2.51. The lowest BCUT2D eigenvalue weighted by molar-refractivity contribution is -0.136. The van der Waals surface area contributed by atoms with Gasteiger partial charge in [-0.1, -0.05) is 68.0 Å². The number of aliphatic imine (C=N–C) groups is 1. The van der Waals surface area contributed by atoms with Gasteiger partial charge < -0.3 is 15.8 Å². The Morgan fingerprint density at radius 1 is 1.22 bits per heavy atom. The topological polar surface area (TPSA) is 141 Å². The number of aromatic nitrogens is 4. The van der Waals surface area contributed by atoms with Crippen molar-refractivity contribution in [2.45, 2.75) is 89.4 Å². The van der Waals surface area contributed by atoms with E-state index in [1.807, 2.05) is 45.1 Å². The average molecular weight is 725 g/mol. The molecule has 3 atom stereocenters. The number of rotatable bonds is 11. The second-order valence-electron chi connectivity index (χ2n) is 14.6. The summed E-state index contributed by atoms with van der Waals surface area (Å²) in [6.07, 6.45) is 12.5. The van der Waals surface area contributed by atoms with Crippen molar-refractivity contribution < 1.29 is 23.1 Å². The minimum atomic E-state index is -2.74. The maximum absolute atomic E-state index is 15.0. The van der Waals surface area contributed by atoms with E-state index in [0.29, 0.717) is 50.2 Å². The molecule has 7 rings (SSSR count). The van der Waals surface area contributed by atoms with E-state index in [4.69, 9.17) is 27.1 Å². The van der Waals surface area contributed by atoms with Crippen LogP contribution in [0, 0.1) is 11.3 Å². The third kappa shape index (κ3) is 7.05. The number of halogens is 3. The minimum absolute atomic E-state index is 0.0141. The summed E-state index contributed by atoms with van der Waals surface area (Å²) in [5.74, 6) is -0.269. The molecule has 50 heavy (non-hydrogen) atoms. The number of guanidine groups is 1. The number of ether oxygens (including phenoxy) is 1. The predicted molar refractivity (Wildman–Crippen MR) is 187 cm³/mol. The number of alkyl halides is 2. The summed E-state index contributed by atoms with van der Waals surface area (Å²) in [6, 6.07) is 4.64. The SMILES string of the molecule is CC(C)(C)C[C@]1(C2C=CC(c3cnn(C(F)F)c3)=CC2)N=C(N)N([C@H](COC(=O)NC2CC2)c2ccc(Cl)c(-c3nnc(C4CC4)s3)c2)C1=O. The molecule has 4 aliphatic rings. The molecule has 15 heteroatoms. The molecule has 3 heterocycles. The summed E-state index contributed by atoms with van der Waals surface area (Å²) in [6.45, 7) is 3.18. The highest BCUT2D eigenvalue weighted by Crippen LogP contribution is 2.47. The number of hydrogen-bond acceptors (Lipinski definition) is 9. The van der Waals surface area contributed by atoms with Crippen LogP contribution in [0.3, 0.4) is 0 Å². The summed E-state index contributed by atoms with van der Waals surface area (Å²) in [7, 11) is 0. The van der Waals surface area contributed by atoms with Crippen molar-refractivity contribution in [1.82, 2.24) is 30.2 Å². The Kier molecular flexibility index (Phi) is 9.04. The summed E-state index contributed by atoms with van der Waals surface area (Å²) in [4.78, 5) is 34.1. The van der Waals surface area contributed by atoms with Crippen LogP contribution in [0.1, 0.15) is 93.9 Å². The van der Waals surface area contributed by atoms with Crippen molar-refractivity contribution in [3.05, 3.63) is 70.0 Å². The quantitative estimate of drug-likeness (QED) is 0.212. The van der Waals surface area contributed by atoms with Crippen LogP contribution in [0.25, 0.3) is 16.1 Å². The Bertz CT molecular complexity index is 1890.